The second-order valence-electron chi connectivity index (χ2n) is 4.39. The highest BCUT2D eigenvalue weighted by Crippen LogP contribution is 2.19. The molecule has 5 heteroatoms. The summed E-state index contributed by atoms with van der Waals surface area (Å²) in [6, 6.07) is 6.36. The highest BCUT2D eigenvalue weighted by Gasteiger charge is 2.33. The van der Waals surface area contributed by atoms with Gasteiger partial charge in [-0.25, -0.2) is 4.79 Å². The maximum Gasteiger partial charge on any atom is 0.326 e. The third-order valence-corrected chi connectivity index (χ3v) is 3.38. The molecule has 0 bridgehead atoms. The van der Waals surface area contributed by atoms with Crippen molar-refractivity contribution in [3.8, 4) is 0 Å². The minimum atomic E-state index is -0.919. The Kier molecular flexibility index (Phi) is 3.87. The van der Waals surface area contributed by atoms with Crippen LogP contribution in [0.1, 0.15) is 18.4 Å². The van der Waals surface area contributed by atoms with Gasteiger partial charge >= 0.3 is 5.97 Å². The van der Waals surface area contributed by atoms with Crippen molar-refractivity contribution in [1.29, 1.82) is 0 Å². The number of carboxylic acids is 1. The molecule has 1 aliphatic rings. The molecule has 0 aromatic heterocycles. The van der Waals surface area contributed by atoms with Gasteiger partial charge in [-0.1, -0.05) is 23.7 Å². The van der Waals surface area contributed by atoms with Crippen molar-refractivity contribution in [1.82, 2.24) is 4.90 Å². The molecule has 96 valence electrons. The number of benzene rings is 1. The van der Waals surface area contributed by atoms with Crippen LogP contribution in [0.5, 0.6) is 0 Å². The van der Waals surface area contributed by atoms with E-state index in [0.29, 0.717) is 18.0 Å². The zero-order valence-corrected chi connectivity index (χ0v) is 10.6. The third-order valence-electron chi connectivity index (χ3n) is 3.13. The molecule has 1 N–H and O–H groups in total. The first kappa shape index (κ1) is 12.9. The number of carbonyl (C=O) groups excluding carboxylic acids is 1. The number of carboxylic acid groups (broad SMARTS) is 1. The van der Waals surface area contributed by atoms with Crippen LogP contribution in [0.2, 0.25) is 5.02 Å². The predicted octanol–water partition coefficient (Wildman–Crippen LogP) is 1.96. The first-order valence-corrected chi connectivity index (χ1v) is 6.22. The Morgan fingerprint density at radius 2 is 2.00 bits per heavy atom. The van der Waals surface area contributed by atoms with E-state index in [0.717, 1.165) is 12.0 Å². The van der Waals surface area contributed by atoms with E-state index in [2.05, 4.69) is 0 Å². The quantitative estimate of drug-likeness (QED) is 0.911. The van der Waals surface area contributed by atoms with Crippen molar-refractivity contribution in [2.24, 2.45) is 0 Å². The van der Waals surface area contributed by atoms with Crippen LogP contribution in [0.15, 0.2) is 24.3 Å². The molecule has 1 aliphatic heterocycles. The average Bonchev–Trinajstić information content (AvgIpc) is 2.81. The molecular formula is C13H14ClNO3. The first-order valence-electron chi connectivity index (χ1n) is 5.84. The average molecular weight is 268 g/mol. The standard InChI is InChI=1S/C13H14ClNO3/c14-10-5-3-9(4-6-10)8-12(16)15-7-1-2-11(15)13(17)18/h3-6,11H,1-2,7-8H2,(H,17,18)/t11-/m0/s1. The van der Waals surface area contributed by atoms with E-state index in [1.807, 2.05) is 0 Å². The van der Waals surface area contributed by atoms with Crippen molar-refractivity contribution < 1.29 is 14.7 Å². The SMILES string of the molecule is O=C(O)[C@@H]1CCCN1C(=O)Cc1ccc(Cl)cc1. The number of rotatable bonds is 3. The number of halogens is 1. The van der Waals surface area contributed by atoms with E-state index in [-0.39, 0.29) is 12.3 Å². The molecule has 0 spiro atoms. The molecule has 2 rings (SSSR count). The Labute approximate surface area is 110 Å². The van der Waals surface area contributed by atoms with Gasteiger partial charge in [-0.3, -0.25) is 4.79 Å². The molecule has 1 saturated heterocycles. The van der Waals surface area contributed by atoms with Gasteiger partial charge in [-0.15, -0.1) is 0 Å². The van der Waals surface area contributed by atoms with Crippen LogP contribution in [0.25, 0.3) is 0 Å². The Balaban J connectivity index is 2.03. The van der Waals surface area contributed by atoms with Crippen LogP contribution in [-0.2, 0) is 16.0 Å². The summed E-state index contributed by atoms with van der Waals surface area (Å²) in [7, 11) is 0. The van der Waals surface area contributed by atoms with Gasteiger partial charge in [0.15, 0.2) is 0 Å². The molecular weight excluding hydrogens is 254 g/mol. The summed E-state index contributed by atoms with van der Waals surface area (Å²) in [5, 5.41) is 9.64. The Morgan fingerprint density at radius 1 is 1.33 bits per heavy atom. The highest BCUT2D eigenvalue weighted by molar-refractivity contribution is 6.30. The van der Waals surface area contributed by atoms with Crippen molar-refractivity contribution in [3.63, 3.8) is 0 Å². The predicted molar refractivity (Wildman–Crippen MR) is 67.5 cm³/mol. The van der Waals surface area contributed by atoms with E-state index in [1.165, 1.54) is 4.90 Å². The number of aliphatic carboxylic acids is 1. The van der Waals surface area contributed by atoms with Crippen LogP contribution >= 0.6 is 11.6 Å². The zero-order chi connectivity index (χ0) is 13.1. The van der Waals surface area contributed by atoms with E-state index in [4.69, 9.17) is 16.7 Å². The third kappa shape index (κ3) is 2.82. The van der Waals surface area contributed by atoms with Gasteiger partial charge in [0.25, 0.3) is 0 Å². The largest absolute Gasteiger partial charge is 0.480 e. The van der Waals surface area contributed by atoms with E-state index < -0.39 is 12.0 Å². The lowest BCUT2D eigenvalue weighted by Crippen LogP contribution is -2.41. The minimum absolute atomic E-state index is 0.137. The van der Waals surface area contributed by atoms with E-state index in [1.54, 1.807) is 24.3 Å². The molecule has 1 atom stereocenters. The molecule has 1 heterocycles. The molecule has 18 heavy (non-hydrogen) atoms. The van der Waals surface area contributed by atoms with Gasteiger partial charge in [-0.2, -0.15) is 0 Å². The summed E-state index contributed by atoms with van der Waals surface area (Å²) >= 11 is 5.77. The van der Waals surface area contributed by atoms with Gasteiger partial charge < -0.3 is 10.0 Å². The van der Waals surface area contributed by atoms with Gasteiger partial charge in [0.05, 0.1) is 6.42 Å². The van der Waals surface area contributed by atoms with Gasteiger partial charge in [-0.05, 0) is 30.5 Å². The number of likely N-dealkylation sites (tertiary alicyclic amines) is 1. The summed E-state index contributed by atoms with van der Waals surface area (Å²) in [4.78, 5) is 24.5. The fourth-order valence-corrected chi connectivity index (χ4v) is 2.33. The lowest BCUT2D eigenvalue weighted by Gasteiger charge is -2.21. The maximum absolute atomic E-state index is 12.0. The smallest absolute Gasteiger partial charge is 0.326 e. The van der Waals surface area contributed by atoms with Crippen LogP contribution < -0.4 is 0 Å². The Bertz CT molecular complexity index is 458. The molecule has 1 amide bonds. The van der Waals surface area contributed by atoms with E-state index >= 15 is 0 Å². The fourth-order valence-electron chi connectivity index (χ4n) is 2.20. The van der Waals surface area contributed by atoms with Gasteiger partial charge in [0.1, 0.15) is 6.04 Å². The van der Waals surface area contributed by atoms with Crippen LogP contribution in [0.3, 0.4) is 0 Å². The Hall–Kier alpha value is -1.55. The Morgan fingerprint density at radius 3 is 2.61 bits per heavy atom. The second-order valence-corrected chi connectivity index (χ2v) is 4.82. The fraction of sp³-hybridized carbons (Fsp3) is 0.385. The number of hydrogen-bond donors (Lipinski definition) is 1. The second kappa shape index (κ2) is 5.40. The number of hydrogen-bond acceptors (Lipinski definition) is 2. The summed E-state index contributed by atoms with van der Waals surface area (Å²) in [6.45, 7) is 0.531. The molecule has 1 fully saturated rings. The lowest BCUT2D eigenvalue weighted by molar-refractivity contribution is -0.148. The molecule has 0 radical (unpaired) electrons. The molecule has 0 saturated carbocycles. The molecule has 1 aromatic rings. The monoisotopic (exact) mass is 267 g/mol. The van der Waals surface area contributed by atoms with Crippen LogP contribution in [-0.4, -0.2) is 34.5 Å². The lowest BCUT2D eigenvalue weighted by atomic mass is 10.1. The van der Waals surface area contributed by atoms with E-state index in [9.17, 15) is 9.59 Å². The number of carbonyl (C=O) groups is 2. The molecule has 0 unspecified atom stereocenters. The minimum Gasteiger partial charge on any atom is -0.480 e. The summed E-state index contributed by atoms with van der Waals surface area (Å²) in [5.74, 6) is -1.06. The summed E-state index contributed by atoms with van der Waals surface area (Å²) < 4.78 is 0. The molecule has 4 nitrogen and oxygen atoms in total. The number of nitrogens with zero attached hydrogens (tertiary/aromatic N) is 1. The van der Waals surface area contributed by atoms with Crippen LogP contribution in [0, 0.1) is 0 Å². The maximum atomic E-state index is 12.0. The van der Waals surface area contributed by atoms with Crippen molar-refractivity contribution in [3.05, 3.63) is 34.9 Å². The van der Waals surface area contributed by atoms with Gasteiger partial charge in [0.2, 0.25) is 5.91 Å². The zero-order valence-electron chi connectivity index (χ0n) is 9.80. The van der Waals surface area contributed by atoms with Crippen molar-refractivity contribution in [2.75, 3.05) is 6.54 Å². The van der Waals surface area contributed by atoms with Crippen LogP contribution in [0.4, 0.5) is 0 Å². The van der Waals surface area contributed by atoms with Crippen molar-refractivity contribution >= 4 is 23.5 Å². The highest BCUT2D eigenvalue weighted by atomic mass is 35.5. The first-order chi connectivity index (χ1) is 8.58. The number of amides is 1. The normalized spacial score (nSPS) is 18.9. The van der Waals surface area contributed by atoms with Crippen molar-refractivity contribution in [2.45, 2.75) is 25.3 Å². The summed E-state index contributed by atoms with van der Waals surface area (Å²) in [6.07, 6.45) is 1.52. The molecule has 1 aromatic carbocycles. The molecule has 0 aliphatic carbocycles. The topological polar surface area (TPSA) is 57.6 Å². The summed E-state index contributed by atoms with van der Waals surface area (Å²) in [5.41, 5.74) is 0.848. The van der Waals surface area contributed by atoms with Gasteiger partial charge in [0, 0.05) is 11.6 Å².